The van der Waals surface area contributed by atoms with Crippen LogP contribution in [0.25, 0.3) is 0 Å². The van der Waals surface area contributed by atoms with E-state index in [9.17, 15) is 4.79 Å². The number of benzene rings is 2. The molecule has 29 heavy (non-hydrogen) atoms. The third kappa shape index (κ3) is 6.39. The summed E-state index contributed by atoms with van der Waals surface area (Å²) in [7, 11) is 0. The van der Waals surface area contributed by atoms with Crippen LogP contribution in [0.2, 0.25) is 0 Å². The minimum Gasteiger partial charge on any atom is -0.492 e. The number of nitrogens with zero attached hydrogens (tertiary/aromatic N) is 2. The maximum atomic E-state index is 12.0. The van der Waals surface area contributed by atoms with Crippen molar-refractivity contribution in [2.45, 2.75) is 20.3 Å². The van der Waals surface area contributed by atoms with E-state index in [0.29, 0.717) is 24.7 Å². The van der Waals surface area contributed by atoms with E-state index in [0.717, 1.165) is 39.1 Å². The fraction of sp³-hybridized carbons (Fsp3) is 0.435. The van der Waals surface area contributed by atoms with Crippen molar-refractivity contribution in [1.29, 1.82) is 0 Å². The molecule has 0 aliphatic carbocycles. The van der Waals surface area contributed by atoms with Crippen LogP contribution in [-0.2, 0) is 4.74 Å². The molecule has 1 saturated heterocycles. The molecule has 2 aromatic carbocycles. The Balaban J connectivity index is 1.33. The van der Waals surface area contributed by atoms with Crippen LogP contribution in [0.5, 0.6) is 5.75 Å². The zero-order valence-electron chi connectivity index (χ0n) is 17.4. The van der Waals surface area contributed by atoms with Gasteiger partial charge in [0.1, 0.15) is 5.75 Å². The van der Waals surface area contributed by atoms with Gasteiger partial charge in [0.05, 0.1) is 18.9 Å². The third-order valence-electron chi connectivity index (χ3n) is 5.05. The normalized spacial score (nSPS) is 14.5. The molecule has 1 N–H and O–H groups in total. The molecule has 0 atom stereocenters. The van der Waals surface area contributed by atoms with E-state index in [-0.39, 0.29) is 0 Å². The van der Waals surface area contributed by atoms with Crippen LogP contribution in [0.15, 0.2) is 48.5 Å². The van der Waals surface area contributed by atoms with Crippen molar-refractivity contribution in [3.63, 3.8) is 0 Å². The fourth-order valence-corrected chi connectivity index (χ4v) is 3.44. The van der Waals surface area contributed by atoms with Gasteiger partial charge in [0.15, 0.2) is 0 Å². The van der Waals surface area contributed by atoms with Crippen molar-refractivity contribution in [1.82, 2.24) is 4.90 Å². The molecule has 1 aliphatic rings. The molecule has 1 amide bonds. The Bertz CT molecular complexity index is 771. The second kappa shape index (κ2) is 10.7. The number of aryl methyl sites for hydroxylation is 1. The molecule has 0 unspecified atom stereocenters. The van der Waals surface area contributed by atoms with Gasteiger partial charge in [-0.25, -0.2) is 4.79 Å². The van der Waals surface area contributed by atoms with Crippen molar-refractivity contribution in [3.05, 3.63) is 54.1 Å². The summed E-state index contributed by atoms with van der Waals surface area (Å²) in [5, 5.41) is 2.76. The molecule has 0 bridgehead atoms. The molecular formula is C23H31N3O3. The number of hydrogen-bond donors (Lipinski definition) is 1. The van der Waals surface area contributed by atoms with E-state index in [1.165, 1.54) is 11.3 Å². The molecule has 1 aliphatic heterocycles. The van der Waals surface area contributed by atoms with Crippen LogP contribution < -0.4 is 15.0 Å². The summed E-state index contributed by atoms with van der Waals surface area (Å²) in [6, 6.07) is 16.1. The largest absolute Gasteiger partial charge is 0.492 e. The topological polar surface area (TPSA) is 54.0 Å². The van der Waals surface area contributed by atoms with E-state index in [1.807, 2.05) is 25.1 Å². The van der Waals surface area contributed by atoms with E-state index < -0.39 is 6.09 Å². The van der Waals surface area contributed by atoms with Gasteiger partial charge < -0.3 is 14.4 Å². The number of rotatable bonds is 8. The number of hydrogen-bond acceptors (Lipinski definition) is 5. The molecule has 6 heteroatoms. The molecule has 1 heterocycles. The predicted molar refractivity (Wildman–Crippen MR) is 117 cm³/mol. The summed E-state index contributed by atoms with van der Waals surface area (Å²) >= 11 is 0. The van der Waals surface area contributed by atoms with Crippen LogP contribution in [0.1, 0.15) is 18.9 Å². The zero-order valence-corrected chi connectivity index (χ0v) is 17.4. The molecule has 2 aromatic rings. The number of nitrogens with one attached hydrogen (secondary N) is 1. The number of anilines is 2. The Labute approximate surface area is 173 Å². The molecule has 1 fully saturated rings. The average molecular weight is 398 g/mol. The van der Waals surface area contributed by atoms with Gasteiger partial charge in [0, 0.05) is 38.4 Å². The maximum Gasteiger partial charge on any atom is 0.411 e. The number of ether oxygens (including phenoxy) is 2. The van der Waals surface area contributed by atoms with E-state index in [2.05, 4.69) is 46.3 Å². The van der Waals surface area contributed by atoms with Gasteiger partial charge in [-0.15, -0.1) is 0 Å². The van der Waals surface area contributed by atoms with Gasteiger partial charge in [0.2, 0.25) is 0 Å². The van der Waals surface area contributed by atoms with Gasteiger partial charge in [-0.2, -0.15) is 0 Å². The highest BCUT2D eigenvalue weighted by atomic mass is 16.5. The Hall–Kier alpha value is -2.73. The fourth-order valence-electron chi connectivity index (χ4n) is 3.44. The molecule has 0 aromatic heterocycles. The van der Waals surface area contributed by atoms with E-state index in [1.54, 1.807) is 6.07 Å². The van der Waals surface area contributed by atoms with Crippen molar-refractivity contribution in [2.75, 3.05) is 56.2 Å². The summed E-state index contributed by atoms with van der Waals surface area (Å²) in [5.41, 5.74) is 3.21. The van der Waals surface area contributed by atoms with Crippen LogP contribution in [0, 0.1) is 6.92 Å². The van der Waals surface area contributed by atoms with E-state index in [4.69, 9.17) is 9.47 Å². The van der Waals surface area contributed by atoms with Crippen molar-refractivity contribution in [2.24, 2.45) is 0 Å². The zero-order chi connectivity index (χ0) is 20.5. The van der Waals surface area contributed by atoms with Crippen LogP contribution in [0.4, 0.5) is 16.2 Å². The second-order valence-corrected chi connectivity index (χ2v) is 7.21. The maximum absolute atomic E-state index is 12.0. The Morgan fingerprint density at radius 3 is 2.48 bits per heavy atom. The summed E-state index contributed by atoms with van der Waals surface area (Å²) in [6.45, 7) is 10.0. The lowest BCUT2D eigenvalue weighted by atomic mass is 10.2. The predicted octanol–water partition coefficient (Wildman–Crippen LogP) is 4.15. The highest BCUT2D eigenvalue weighted by Crippen LogP contribution is 2.23. The Kier molecular flexibility index (Phi) is 7.76. The summed E-state index contributed by atoms with van der Waals surface area (Å²) in [4.78, 5) is 16.9. The lowest BCUT2D eigenvalue weighted by Gasteiger charge is -2.36. The molecule has 0 spiro atoms. The summed E-state index contributed by atoms with van der Waals surface area (Å²) in [6.07, 6.45) is 0.381. The molecular weight excluding hydrogens is 366 g/mol. The van der Waals surface area contributed by atoms with Crippen molar-refractivity contribution in [3.8, 4) is 5.75 Å². The lowest BCUT2D eigenvalue weighted by molar-refractivity contribution is 0.151. The summed E-state index contributed by atoms with van der Waals surface area (Å²) in [5.74, 6) is 0.651. The smallest absolute Gasteiger partial charge is 0.411 e. The molecule has 3 rings (SSSR count). The van der Waals surface area contributed by atoms with Crippen molar-refractivity contribution < 1.29 is 14.3 Å². The quantitative estimate of drug-likeness (QED) is 0.678. The minimum atomic E-state index is -0.443. The monoisotopic (exact) mass is 397 g/mol. The minimum absolute atomic E-state index is 0.404. The number of para-hydroxylation sites is 2. The number of carbonyl (C=O) groups excluding carboxylic acids is 1. The first-order valence-electron chi connectivity index (χ1n) is 10.4. The Morgan fingerprint density at radius 2 is 1.76 bits per heavy atom. The first-order valence-corrected chi connectivity index (χ1v) is 10.4. The Morgan fingerprint density at radius 1 is 1.03 bits per heavy atom. The lowest BCUT2D eigenvalue weighted by Crippen LogP contribution is -2.46. The van der Waals surface area contributed by atoms with Crippen LogP contribution in [-0.4, -0.2) is 56.9 Å². The third-order valence-corrected chi connectivity index (χ3v) is 5.05. The first-order chi connectivity index (χ1) is 14.2. The number of amides is 1. The SMILES string of the molecule is CCOc1ccccc1NC(=O)OCCCN1CCN(c2ccc(C)cc2)CC1. The van der Waals surface area contributed by atoms with E-state index >= 15 is 0 Å². The number of carbonyl (C=O) groups is 1. The molecule has 6 nitrogen and oxygen atoms in total. The van der Waals surface area contributed by atoms with Crippen LogP contribution >= 0.6 is 0 Å². The molecule has 156 valence electrons. The highest BCUT2D eigenvalue weighted by molar-refractivity contribution is 5.86. The van der Waals surface area contributed by atoms with Gasteiger partial charge in [-0.05, 0) is 44.5 Å². The van der Waals surface area contributed by atoms with Crippen molar-refractivity contribution >= 4 is 17.5 Å². The standard InChI is InChI=1S/C23H31N3O3/c1-3-28-22-8-5-4-7-21(22)24-23(27)29-18-6-13-25-14-16-26(17-15-25)20-11-9-19(2)10-12-20/h4-5,7-12H,3,6,13-18H2,1-2H3,(H,24,27). The number of piperazine rings is 1. The second-order valence-electron chi connectivity index (χ2n) is 7.21. The van der Waals surface area contributed by atoms with Gasteiger partial charge in [-0.3, -0.25) is 10.2 Å². The van der Waals surface area contributed by atoms with Gasteiger partial charge in [-0.1, -0.05) is 29.8 Å². The first kappa shape index (κ1) is 21.0. The average Bonchev–Trinajstić information content (AvgIpc) is 2.74. The van der Waals surface area contributed by atoms with Crippen LogP contribution in [0.3, 0.4) is 0 Å². The summed E-state index contributed by atoms with van der Waals surface area (Å²) < 4.78 is 10.8. The molecule has 0 saturated carbocycles. The van der Waals surface area contributed by atoms with Gasteiger partial charge in [0.25, 0.3) is 0 Å². The highest BCUT2D eigenvalue weighted by Gasteiger charge is 2.17. The van der Waals surface area contributed by atoms with Gasteiger partial charge >= 0.3 is 6.09 Å². The molecule has 0 radical (unpaired) electrons.